The Morgan fingerprint density at radius 2 is 1.65 bits per heavy atom. The van der Waals surface area contributed by atoms with Crippen LogP contribution in [-0.2, 0) is 39.8 Å². The van der Waals surface area contributed by atoms with Crippen LogP contribution < -0.4 is 11.1 Å². The van der Waals surface area contributed by atoms with Gasteiger partial charge in [0, 0.05) is 48.6 Å². The summed E-state index contributed by atoms with van der Waals surface area (Å²) in [5.74, 6) is -1.89. The summed E-state index contributed by atoms with van der Waals surface area (Å²) in [7, 11) is 0. The zero-order valence-corrected chi connectivity index (χ0v) is 29.4. The number of H-pyrrole nitrogens is 1. The van der Waals surface area contributed by atoms with E-state index in [4.69, 9.17) is 18.0 Å². The highest BCUT2D eigenvalue weighted by Crippen LogP contribution is 2.41. The highest BCUT2D eigenvalue weighted by molar-refractivity contribution is 7.80. The fourth-order valence-corrected chi connectivity index (χ4v) is 7.25. The number of aryl methyl sites for hydroxylation is 3. The number of Topliss-reactive ketones (excluding diaryl/α,β-unsaturated/α-hetero) is 2. The molecule has 4 rings (SSSR count). The minimum absolute atomic E-state index is 0.000408. The predicted octanol–water partition coefficient (Wildman–Crippen LogP) is 8.00. The number of hydrogen-bond donors (Lipinski definition) is 3. The second kappa shape index (κ2) is 15.3. The predicted molar refractivity (Wildman–Crippen MR) is 188 cm³/mol. The van der Waals surface area contributed by atoms with Crippen molar-refractivity contribution in [3.63, 3.8) is 0 Å². The summed E-state index contributed by atoms with van der Waals surface area (Å²) in [6, 6.07) is 12.0. The van der Waals surface area contributed by atoms with Crippen LogP contribution in [0.4, 0.5) is 13.2 Å². The molecule has 0 spiro atoms. The van der Waals surface area contributed by atoms with Crippen molar-refractivity contribution in [3.05, 3.63) is 70.4 Å². The number of carbonyl (C=O) groups excluding carboxylic acids is 3. The smallest absolute Gasteiger partial charge is 0.393 e. The van der Waals surface area contributed by atoms with Gasteiger partial charge in [-0.15, -0.1) is 0 Å². The number of para-hydroxylation sites is 1. The number of halogens is 3. The molecule has 2 unspecified atom stereocenters. The Morgan fingerprint density at radius 3 is 2.25 bits per heavy atom. The van der Waals surface area contributed by atoms with E-state index in [1.54, 1.807) is 6.07 Å². The molecule has 3 aromatic rings. The Hall–Kier alpha value is -3.53. The van der Waals surface area contributed by atoms with E-state index in [9.17, 15) is 27.6 Å². The average Bonchev–Trinajstić information content (AvgIpc) is 3.41. The maximum Gasteiger partial charge on any atom is 0.418 e. The number of fused-ring (bicyclic) bond motifs is 3. The maximum atomic E-state index is 14.5. The van der Waals surface area contributed by atoms with Crippen LogP contribution in [0.5, 0.6) is 0 Å². The molecule has 1 aliphatic rings. The zero-order chi connectivity index (χ0) is 35.4. The van der Waals surface area contributed by atoms with Crippen LogP contribution in [0.25, 0.3) is 10.9 Å². The van der Waals surface area contributed by atoms with Gasteiger partial charge in [-0.25, -0.2) is 0 Å². The van der Waals surface area contributed by atoms with Crippen molar-refractivity contribution in [1.29, 1.82) is 0 Å². The number of hydrogen-bond acceptors (Lipinski definition) is 4. The normalized spacial score (nSPS) is 18.8. The number of nitrogens with one attached hydrogen (secondary N) is 2. The van der Waals surface area contributed by atoms with Gasteiger partial charge in [0.2, 0.25) is 5.91 Å². The van der Waals surface area contributed by atoms with Crippen LogP contribution >= 0.6 is 12.2 Å². The Morgan fingerprint density at radius 1 is 1.00 bits per heavy atom. The summed E-state index contributed by atoms with van der Waals surface area (Å²) in [6.07, 6.45) is -1.82. The van der Waals surface area contributed by atoms with E-state index in [0.29, 0.717) is 29.5 Å². The van der Waals surface area contributed by atoms with Gasteiger partial charge in [0.15, 0.2) is 5.78 Å². The quantitative estimate of drug-likeness (QED) is 0.141. The van der Waals surface area contributed by atoms with E-state index >= 15 is 0 Å². The summed E-state index contributed by atoms with van der Waals surface area (Å²) in [5.41, 5.74) is 7.29. The lowest BCUT2D eigenvalue weighted by molar-refractivity contribution is -0.137. The lowest BCUT2D eigenvalue weighted by atomic mass is 9.72. The second-order valence-corrected chi connectivity index (χ2v) is 14.3. The van der Waals surface area contributed by atoms with Crippen LogP contribution in [0.2, 0.25) is 0 Å². The Kier molecular flexibility index (Phi) is 11.9. The molecule has 0 aliphatic heterocycles. The highest BCUT2D eigenvalue weighted by Gasteiger charge is 2.46. The minimum atomic E-state index is -4.57. The van der Waals surface area contributed by atoms with Crippen molar-refractivity contribution in [1.82, 2.24) is 10.3 Å². The van der Waals surface area contributed by atoms with Crippen molar-refractivity contribution in [2.75, 3.05) is 0 Å². The average molecular weight is 684 g/mol. The van der Waals surface area contributed by atoms with Gasteiger partial charge < -0.3 is 16.0 Å². The molecule has 1 amide bonds. The van der Waals surface area contributed by atoms with Crippen LogP contribution in [0.3, 0.4) is 0 Å². The van der Waals surface area contributed by atoms with E-state index < -0.39 is 35.0 Å². The summed E-state index contributed by atoms with van der Waals surface area (Å²) in [5, 5.41) is 3.49. The van der Waals surface area contributed by atoms with Gasteiger partial charge >= 0.3 is 6.18 Å². The van der Waals surface area contributed by atoms with Crippen LogP contribution in [-0.4, -0.2) is 33.0 Å². The van der Waals surface area contributed by atoms with E-state index in [-0.39, 0.29) is 72.4 Å². The molecule has 5 atom stereocenters. The van der Waals surface area contributed by atoms with Gasteiger partial charge in [0.05, 0.1) is 16.1 Å². The van der Waals surface area contributed by atoms with Crippen molar-refractivity contribution >= 4 is 45.6 Å². The molecule has 1 heterocycles. The molecule has 2 aromatic carbocycles. The van der Waals surface area contributed by atoms with Crippen molar-refractivity contribution in [2.24, 2.45) is 29.4 Å². The Balaban J connectivity index is 1.68. The standard InChI is InChI=1S/C38H48F3N3O3S/c1-6-23(4)28(35(42)48)20-33(46)37(18-17-32-30(21-37)27-9-8-10-31(34(27)43-32)38(39,40)41)44-36(47)29(24(5)7-2)19-26(45)16-15-25-13-11-22(3)12-14-25/h8-14,23-24,28-29,43H,6-7,15-21H2,1-5H3,(H2,42,48)(H,44,47)/t23?,24?,28-,29-,37+/m0/s1. The number of carbonyl (C=O) groups is 3. The van der Waals surface area contributed by atoms with Gasteiger partial charge in [0.25, 0.3) is 0 Å². The van der Waals surface area contributed by atoms with E-state index in [1.165, 1.54) is 6.07 Å². The molecular weight excluding hydrogens is 635 g/mol. The fourth-order valence-electron chi connectivity index (χ4n) is 6.93. The molecule has 0 saturated carbocycles. The second-order valence-electron chi connectivity index (χ2n) is 13.8. The summed E-state index contributed by atoms with van der Waals surface area (Å²) in [6.45, 7) is 9.85. The van der Waals surface area contributed by atoms with Crippen molar-refractivity contribution in [2.45, 2.75) is 104 Å². The van der Waals surface area contributed by atoms with Gasteiger partial charge in [-0.3, -0.25) is 14.4 Å². The van der Waals surface area contributed by atoms with E-state index in [1.807, 2.05) is 58.9 Å². The molecule has 0 bridgehead atoms. The third-order valence-corrected chi connectivity index (χ3v) is 10.8. The lowest BCUT2D eigenvalue weighted by Crippen LogP contribution is -2.60. The molecule has 1 aromatic heterocycles. The Labute approximate surface area is 286 Å². The molecular formula is C38H48F3N3O3S. The molecule has 0 saturated heterocycles. The molecule has 0 fully saturated rings. The van der Waals surface area contributed by atoms with E-state index in [2.05, 4.69) is 10.3 Å². The number of aromatic amines is 1. The van der Waals surface area contributed by atoms with Crippen molar-refractivity contribution in [3.8, 4) is 0 Å². The first-order valence-electron chi connectivity index (χ1n) is 17.0. The maximum absolute atomic E-state index is 14.5. The Bertz CT molecular complexity index is 1650. The number of ketones is 2. The fraction of sp³-hybridized carbons (Fsp3) is 0.526. The largest absolute Gasteiger partial charge is 0.418 e. The first-order chi connectivity index (χ1) is 22.6. The molecule has 1 aliphatic carbocycles. The SMILES string of the molecule is CCC(C)[C@H](CC(=O)CCc1ccc(C)cc1)C(=O)N[C@]1(C(=O)C[C@H](C(N)=S)C(C)CC)CCc2[nH]c3c(C(F)(F)F)cccc3c2C1. The molecule has 260 valence electrons. The molecule has 48 heavy (non-hydrogen) atoms. The summed E-state index contributed by atoms with van der Waals surface area (Å²) >= 11 is 5.36. The topological polar surface area (TPSA) is 105 Å². The number of nitrogens with two attached hydrogens (primary N) is 1. The van der Waals surface area contributed by atoms with Crippen LogP contribution in [0.15, 0.2) is 42.5 Å². The molecule has 6 nitrogen and oxygen atoms in total. The number of alkyl halides is 3. The van der Waals surface area contributed by atoms with Gasteiger partial charge in [-0.2, -0.15) is 13.2 Å². The highest BCUT2D eigenvalue weighted by atomic mass is 32.1. The number of aromatic nitrogens is 1. The van der Waals surface area contributed by atoms with E-state index in [0.717, 1.165) is 23.6 Å². The van der Waals surface area contributed by atoms with Gasteiger partial charge in [0.1, 0.15) is 11.3 Å². The lowest BCUT2D eigenvalue weighted by Gasteiger charge is -2.39. The van der Waals surface area contributed by atoms with Crippen molar-refractivity contribution < 1.29 is 27.6 Å². The number of benzene rings is 2. The molecule has 0 radical (unpaired) electrons. The number of thiocarbonyl (C=S) groups is 1. The van der Waals surface area contributed by atoms with Gasteiger partial charge in [-0.05, 0) is 55.2 Å². The first-order valence-corrected chi connectivity index (χ1v) is 17.4. The monoisotopic (exact) mass is 683 g/mol. The van der Waals surface area contributed by atoms with Crippen LogP contribution in [0.1, 0.15) is 94.2 Å². The molecule has 4 N–H and O–H groups in total. The third kappa shape index (κ3) is 8.36. The minimum Gasteiger partial charge on any atom is -0.393 e. The zero-order valence-electron chi connectivity index (χ0n) is 28.6. The molecule has 10 heteroatoms. The number of rotatable bonds is 15. The van der Waals surface area contributed by atoms with Crippen LogP contribution in [0, 0.1) is 30.6 Å². The number of amides is 1. The van der Waals surface area contributed by atoms with Gasteiger partial charge in [-0.1, -0.05) is 94.7 Å². The summed E-state index contributed by atoms with van der Waals surface area (Å²) in [4.78, 5) is 45.2. The third-order valence-electron chi connectivity index (χ3n) is 10.5. The summed E-state index contributed by atoms with van der Waals surface area (Å²) < 4.78 is 41.8. The first kappa shape index (κ1) is 37.3.